The largest absolute Gasteiger partial charge is 0.325 e. The normalized spacial score (nSPS) is 13.6. The molecule has 8 nitrogen and oxygen atoms in total. The molecule has 0 bridgehead atoms. The molecular weight excluding hydrogens is 490 g/mol. The second-order valence-electron chi connectivity index (χ2n) is 8.93. The Labute approximate surface area is 216 Å². The van der Waals surface area contributed by atoms with Gasteiger partial charge in [-0.3, -0.25) is 14.4 Å². The van der Waals surface area contributed by atoms with Crippen molar-refractivity contribution in [1.29, 1.82) is 0 Å². The summed E-state index contributed by atoms with van der Waals surface area (Å²) in [4.78, 5) is 38.9. The highest BCUT2D eigenvalue weighted by Gasteiger charge is 2.29. The Morgan fingerprint density at radius 3 is 2.43 bits per heavy atom. The summed E-state index contributed by atoms with van der Waals surface area (Å²) in [6.45, 7) is 3.73. The Bertz CT molecular complexity index is 1440. The van der Waals surface area contributed by atoms with Gasteiger partial charge in [-0.15, -0.1) is 0 Å². The quantitative estimate of drug-likeness (QED) is 0.419. The zero-order valence-corrected chi connectivity index (χ0v) is 21.5. The highest BCUT2D eigenvalue weighted by Crippen LogP contribution is 2.30. The molecule has 1 heterocycles. The van der Waals surface area contributed by atoms with Crippen molar-refractivity contribution in [2.45, 2.75) is 44.0 Å². The van der Waals surface area contributed by atoms with E-state index in [9.17, 15) is 22.8 Å². The summed E-state index contributed by atoms with van der Waals surface area (Å²) in [5.41, 5.74) is 3.11. The lowest BCUT2D eigenvalue weighted by Gasteiger charge is -2.20. The van der Waals surface area contributed by atoms with Crippen LogP contribution in [0.4, 0.5) is 11.4 Å². The van der Waals surface area contributed by atoms with E-state index in [4.69, 9.17) is 0 Å². The molecule has 0 radical (unpaired) electrons. The summed E-state index contributed by atoms with van der Waals surface area (Å²) >= 11 is 0. The summed E-state index contributed by atoms with van der Waals surface area (Å²) in [6.07, 6.45) is 1.06. The second kappa shape index (κ2) is 11.1. The van der Waals surface area contributed by atoms with Crippen molar-refractivity contribution in [3.05, 3.63) is 89.5 Å². The van der Waals surface area contributed by atoms with E-state index in [1.165, 1.54) is 13.0 Å². The molecule has 0 aliphatic carbocycles. The number of hydrogen-bond acceptors (Lipinski definition) is 5. The molecule has 4 rings (SSSR count). The van der Waals surface area contributed by atoms with Crippen LogP contribution in [0.5, 0.6) is 0 Å². The summed E-state index contributed by atoms with van der Waals surface area (Å²) in [6, 6.07) is 19.2. The maximum atomic E-state index is 13.4. The molecule has 37 heavy (non-hydrogen) atoms. The summed E-state index contributed by atoms with van der Waals surface area (Å²) in [7, 11) is -4.07. The fourth-order valence-electron chi connectivity index (χ4n) is 4.33. The van der Waals surface area contributed by atoms with Gasteiger partial charge in [0.2, 0.25) is 21.8 Å². The van der Waals surface area contributed by atoms with Crippen LogP contribution in [-0.4, -0.2) is 38.6 Å². The number of carbonyl (C=O) groups excluding carboxylic acids is 3. The molecule has 1 aliphatic rings. The fraction of sp³-hybridized carbons (Fsp3) is 0.250. The van der Waals surface area contributed by atoms with Gasteiger partial charge in [-0.2, -0.15) is 4.72 Å². The van der Waals surface area contributed by atoms with E-state index in [0.29, 0.717) is 30.6 Å². The lowest BCUT2D eigenvalue weighted by atomic mass is 10.1. The number of sulfonamides is 1. The zero-order chi connectivity index (χ0) is 26.6. The highest BCUT2D eigenvalue weighted by atomic mass is 32.2. The van der Waals surface area contributed by atoms with Crippen molar-refractivity contribution in [3.63, 3.8) is 0 Å². The van der Waals surface area contributed by atoms with Crippen LogP contribution in [0.2, 0.25) is 0 Å². The third-order valence-electron chi connectivity index (χ3n) is 6.29. The minimum Gasteiger partial charge on any atom is -0.325 e. The number of ketones is 1. The number of nitrogens with zero attached hydrogens (tertiary/aromatic N) is 1. The van der Waals surface area contributed by atoms with Gasteiger partial charge in [-0.1, -0.05) is 49.4 Å². The Hall–Kier alpha value is -3.82. The lowest BCUT2D eigenvalue weighted by Crippen LogP contribution is -2.45. The molecule has 0 aromatic heterocycles. The van der Waals surface area contributed by atoms with Gasteiger partial charge in [0, 0.05) is 29.9 Å². The number of Topliss-reactive ketones (excluding diaryl/α,β-unsaturated/α-hetero) is 1. The first-order valence-corrected chi connectivity index (χ1v) is 13.6. The third-order valence-corrected chi connectivity index (χ3v) is 7.76. The first-order chi connectivity index (χ1) is 17.7. The van der Waals surface area contributed by atoms with E-state index >= 15 is 0 Å². The van der Waals surface area contributed by atoms with Crippen LogP contribution >= 0.6 is 0 Å². The second-order valence-corrected chi connectivity index (χ2v) is 10.6. The standard InChI is InChI=1S/C28H29N3O5S/c1-3-27(33)31-15-14-22-18-24(12-13-26(22)31)37(35,36)30-25(16-20-8-5-4-6-9-20)28(34)29-23-11-7-10-21(17-23)19(2)32/h4-13,17-18,25,30H,3,14-16H2,1-2H3,(H,29,34)/t25-/m1/s1. The predicted molar refractivity (Wildman–Crippen MR) is 142 cm³/mol. The van der Waals surface area contributed by atoms with Crippen molar-refractivity contribution in [1.82, 2.24) is 4.72 Å². The van der Waals surface area contributed by atoms with Gasteiger partial charge in [-0.25, -0.2) is 8.42 Å². The average Bonchev–Trinajstić information content (AvgIpc) is 3.32. The average molecular weight is 520 g/mol. The SMILES string of the molecule is CCC(=O)N1CCc2cc(S(=O)(=O)N[C@H](Cc3ccccc3)C(=O)Nc3cccc(C(C)=O)c3)ccc21. The molecule has 0 fully saturated rings. The number of rotatable bonds is 9. The Kier molecular flexibility index (Phi) is 7.85. The van der Waals surface area contributed by atoms with Crippen LogP contribution in [-0.2, 0) is 32.5 Å². The molecule has 2 N–H and O–H groups in total. The molecule has 0 unspecified atom stereocenters. The maximum absolute atomic E-state index is 13.4. The van der Waals surface area contributed by atoms with E-state index in [-0.39, 0.29) is 23.0 Å². The molecule has 0 saturated heterocycles. The number of amides is 2. The van der Waals surface area contributed by atoms with Crippen molar-refractivity contribution < 1.29 is 22.8 Å². The zero-order valence-electron chi connectivity index (χ0n) is 20.7. The number of hydrogen-bond donors (Lipinski definition) is 2. The van der Waals surface area contributed by atoms with Gasteiger partial charge in [0.1, 0.15) is 6.04 Å². The Balaban J connectivity index is 1.59. The monoisotopic (exact) mass is 519 g/mol. The summed E-state index contributed by atoms with van der Waals surface area (Å²) < 4.78 is 29.3. The number of anilines is 2. The summed E-state index contributed by atoms with van der Waals surface area (Å²) in [5.74, 6) is -0.705. The Morgan fingerprint density at radius 1 is 0.973 bits per heavy atom. The number of fused-ring (bicyclic) bond motifs is 1. The van der Waals surface area contributed by atoms with E-state index < -0.39 is 22.0 Å². The first kappa shape index (κ1) is 26.2. The Morgan fingerprint density at radius 2 is 1.73 bits per heavy atom. The molecular formula is C28H29N3O5S. The molecule has 1 atom stereocenters. The van der Waals surface area contributed by atoms with Gasteiger partial charge >= 0.3 is 0 Å². The predicted octanol–water partition coefficient (Wildman–Crippen LogP) is 3.72. The number of carbonyl (C=O) groups is 3. The molecule has 2 amide bonds. The van der Waals surface area contributed by atoms with Crippen molar-refractivity contribution in [3.8, 4) is 0 Å². The van der Waals surface area contributed by atoms with E-state index in [1.807, 2.05) is 30.3 Å². The minimum atomic E-state index is -4.07. The van der Waals surface area contributed by atoms with Crippen LogP contribution in [0.1, 0.15) is 41.8 Å². The molecule has 3 aromatic carbocycles. The summed E-state index contributed by atoms with van der Waals surface area (Å²) in [5, 5.41) is 2.74. The van der Waals surface area contributed by atoms with Crippen LogP contribution in [0.15, 0.2) is 77.7 Å². The molecule has 9 heteroatoms. The van der Waals surface area contributed by atoms with E-state index in [0.717, 1.165) is 16.8 Å². The van der Waals surface area contributed by atoms with Crippen molar-refractivity contribution >= 4 is 39.0 Å². The molecule has 0 spiro atoms. The molecule has 1 aliphatic heterocycles. The van der Waals surface area contributed by atoms with Crippen molar-refractivity contribution in [2.75, 3.05) is 16.8 Å². The van der Waals surface area contributed by atoms with Crippen molar-refractivity contribution in [2.24, 2.45) is 0 Å². The van der Waals surface area contributed by atoms with E-state index in [2.05, 4.69) is 10.0 Å². The van der Waals surface area contributed by atoms with Gasteiger partial charge in [0.05, 0.1) is 4.90 Å². The fourth-order valence-corrected chi connectivity index (χ4v) is 5.58. The molecule has 3 aromatic rings. The van der Waals surface area contributed by atoms with Gasteiger partial charge in [-0.05, 0) is 61.2 Å². The van der Waals surface area contributed by atoms with Gasteiger partial charge < -0.3 is 10.2 Å². The maximum Gasteiger partial charge on any atom is 0.242 e. The van der Waals surface area contributed by atoms with E-state index in [1.54, 1.807) is 48.2 Å². The topological polar surface area (TPSA) is 113 Å². The van der Waals surface area contributed by atoms with Crippen LogP contribution < -0.4 is 14.9 Å². The van der Waals surface area contributed by atoms with Gasteiger partial charge in [0.15, 0.2) is 5.78 Å². The van der Waals surface area contributed by atoms with Crippen LogP contribution in [0.25, 0.3) is 0 Å². The molecule has 192 valence electrons. The molecule has 0 saturated carbocycles. The van der Waals surface area contributed by atoms with Crippen LogP contribution in [0, 0.1) is 0 Å². The van der Waals surface area contributed by atoms with Crippen LogP contribution in [0.3, 0.4) is 0 Å². The third kappa shape index (κ3) is 6.12. The number of benzene rings is 3. The highest BCUT2D eigenvalue weighted by molar-refractivity contribution is 7.89. The number of nitrogens with one attached hydrogen (secondary N) is 2. The minimum absolute atomic E-state index is 0.0130. The first-order valence-electron chi connectivity index (χ1n) is 12.1. The smallest absolute Gasteiger partial charge is 0.242 e. The van der Waals surface area contributed by atoms with Gasteiger partial charge in [0.25, 0.3) is 0 Å². The lowest BCUT2D eigenvalue weighted by molar-refractivity contribution is -0.118.